The Labute approximate surface area is 218 Å². The summed E-state index contributed by atoms with van der Waals surface area (Å²) in [5, 5.41) is 3.02. The Balaban J connectivity index is 0.000000152. The van der Waals surface area contributed by atoms with Gasteiger partial charge in [-0.2, -0.15) is 0 Å². The summed E-state index contributed by atoms with van der Waals surface area (Å²) in [5.74, 6) is 1.51. The minimum atomic E-state index is 0.0159. The predicted octanol–water partition coefficient (Wildman–Crippen LogP) is 3.00. The van der Waals surface area contributed by atoms with Crippen LogP contribution in [0.2, 0.25) is 0 Å². The summed E-state index contributed by atoms with van der Waals surface area (Å²) in [5.41, 5.74) is 12.6. The van der Waals surface area contributed by atoms with Crippen molar-refractivity contribution >= 4 is 39.4 Å². The summed E-state index contributed by atoms with van der Waals surface area (Å²) < 4.78 is 5.31. The molecule has 1 amide bonds. The maximum absolute atomic E-state index is 12.4. The highest BCUT2D eigenvalue weighted by Crippen LogP contribution is 2.19. The van der Waals surface area contributed by atoms with E-state index in [2.05, 4.69) is 35.2 Å². The van der Waals surface area contributed by atoms with Crippen LogP contribution in [0.1, 0.15) is 24.5 Å². The lowest BCUT2D eigenvalue weighted by Crippen LogP contribution is -2.35. The summed E-state index contributed by atoms with van der Waals surface area (Å²) in [7, 11) is 0. The third-order valence-corrected chi connectivity index (χ3v) is 6.71. The van der Waals surface area contributed by atoms with Crippen LogP contribution in [0.15, 0.2) is 82.1 Å². The lowest BCUT2D eigenvalue weighted by molar-refractivity contribution is -0.126. The molecule has 38 heavy (non-hydrogen) atoms. The van der Waals surface area contributed by atoms with Crippen molar-refractivity contribution in [2.75, 3.05) is 26.3 Å². The van der Waals surface area contributed by atoms with E-state index in [1.54, 1.807) is 0 Å². The van der Waals surface area contributed by atoms with Gasteiger partial charge in [0.05, 0.1) is 46.6 Å². The molecule has 1 fully saturated rings. The number of imidazole rings is 2. The van der Waals surface area contributed by atoms with Gasteiger partial charge in [0, 0.05) is 19.1 Å². The fraction of sp³-hybridized carbons (Fsp3) is 0.250. The van der Waals surface area contributed by atoms with Gasteiger partial charge in [-0.3, -0.25) is 14.8 Å². The molecule has 192 valence electrons. The number of nitrogens with two attached hydrogens (primary N) is 1. The van der Waals surface area contributed by atoms with Crippen LogP contribution in [0.5, 0.6) is 0 Å². The van der Waals surface area contributed by atoms with E-state index in [4.69, 9.17) is 10.5 Å². The van der Waals surface area contributed by atoms with E-state index in [0.717, 1.165) is 57.9 Å². The molecule has 0 aliphatic carbocycles. The molecule has 1 saturated heterocycles. The number of hydrogen-bond acceptors (Lipinski definition) is 7. The van der Waals surface area contributed by atoms with Gasteiger partial charge in [-0.1, -0.05) is 24.3 Å². The molecule has 0 unspecified atom stereocenters. The number of carbonyl (C=O) groups is 1. The van der Waals surface area contributed by atoms with Crippen molar-refractivity contribution in [3.63, 3.8) is 0 Å². The van der Waals surface area contributed by atoms with E-state index in [1.807, 2.05) is 60.7 Å². The zero-order chi connectivity index (χ0) is 25.9. The molecule has 4 aromatic rings. The molecule has 10 nitrogen and oxygen atoms in total. The largest absolute Gasteiger partial charge is 0.397 e. The second kappa shape index (κ2) is 10.4. The first-order chi connectivity index (χ1) is 18.7. The average molecular weight is 509 g/mol. The molecule has 3 aliphatic rings. The number of hydrogen-bond donors (Lipinski definition) is 4. The van der Waals surface area contributed by atoms with Crippen LogP contribution in [-0.4, -0.2) is 63.6 Å². The van der Waals surface area contributed by atoms with Gasteiger partial charge >= 0.3 is 0 Å². The maximum Gasteiger partial charge on any atom is 0.227 e. The van der Waals surface area contributed by atoms with Crippen molar-refractivity contribution in [2.24, 2.45) is 21.6 Å². The minimum Gasteiger partial charge on any atom is -0.397 e. The first-order valence-electron chi connectivity index (χ1n) is 12.7. The van der Waals surface area contributed by atoms with Gasteiger partial charge in [0.25, 0.3) is 0 Å². The van der Waals surface area contributed by atoms with E-state index in [0.29, 0.717) is 37.8 Å². The van der Waals surface area contributed by atoms with Crippen molar-refractivity contribution in [3.05, 3.63) is 83.7 Å². The smallest absolute Gasteiger partial charge is 0.227 e. The molecule has 5 heterocycles. The second-order valence-corrected chi connectivity index (χ2v) is 9.24. The molecule has 0 bridgehead atoms. The fourth-order valence-corrected chi connectivity index (χ4v) is 4.68. The van der Waals surface area contributed by atoms with Crippen molar-refractivity contribution in [2.45, 2.75) is 12.8 Å². The van der Waals surface area contributed by atoms with Crippen LogP contribution in [-0.2, 0) is 9.53 Å². The average Bonchev–Trinajstić information content (AvgIpc) is 3.74. The van der Waals surface area contributed by atoms with Crippen LogP contribution in [0.3, 0.4) is 0 Å². The van der Waals surface area contributed by atoms with Gasteiger partial charge in [-0.25, -0.2) is 9.97 Å². The molecule has 7 rings (SSSR count). The van der Waals surface area contributed by atoms with Gasteiger partial charge in [0.2, 0.25) is 5.91 Å². The number of aromatic amines is 2. The van der Waals surface area contributed by atoms with Crippen LogP contribution in [0.25, 0.3) is 22.1 Å². The highest BCUT2D eigenvalue weighted by Gasteiger charge is 2.25. The molecule has 0 spiro atoms. The van der Waals surface area contributed by atoms with Crippen molar-refractivity contribution < 1.29 is 9.53 Å². The lowest BCUT2D eigenvalue weighted by Gasteiger charge is -2.21. The maximum atomic E-state index is 12.4. The lowest BCUT2D eigenvalue weighted by atomic mass is 9.99. The summed E-state index contributed by atoms with van der Waals surface area (Å²) in [6.07, 6.45) is 5.37. The third kappa shape index (κ3) is 4.85. The second-order valence-electron chi connectivity index (χ2n) is 9.24. The highest BCUT2D eigenvalue weighted by atomic mass is 16.5. The van der Waals surface area contributed by atoms with Crippen molar-refractivity contribution in [1.82, 2.24) is 25.3 Å². The standard InChI is InChI=1S/C17H18N4O2.C11H10N4/c22-17(11-6-9-23-10-7-11)21-14-5-8-18-15(14)16-19-12-3-1-2-4-13(12)20-16;12-7-5-6-13-10(7)11-14-8-3-1-2-4-9(8)15-11/h1-5,11H,6-10H2,(H,19,20)(H,21,22);1-5H,6,12H2,(H,14,15). The van der Waals surface area contributed by atoms with Gasteiger partial charge in [0.1, 0.15) is 11.4 Å². The summed E-state index contributed by atoms with van der Waals surface area (Å²) in [6.45, 7) is 2.53. The Kier molecular flexibility index (Phi) is 6.53. The molecule has 5 N–H and O–H groups in total. The molecule has 0 radical (unpaired) electrons. The van der Waals surface area contributed by atoms with E-state index in [9.17, 15) is 4.79 Å². The highest BCUT2D eigenvalue weighted by molar-refractivity contribution is 6.14. The number of para-hydroxylation sites is 4. The summed E-state index contributed by atoms with van der Waals surface area (Å²) in [6, 6.07) is 15.7. The van der Waals surface area contributed by atoms with Gasteiger partial charge in [0.15, 0.2) is 11.6 Å². The number of carbonyl (C=O) groups excluding carboxylic acids is 1. The SMILES string of the molecule is NC1=CCN=C1c1nc2ccccc2[nH]1.O=C(NC1=CCN=C1c1nc2ccccc2[nH]1)C1CCOCC1. The molecule has 3 aliphatic heterocycles. The summed E-state index contributed by atoms with van der Waals surface area (Å²) >= 11 is 0. The predicted molar refractivity (Wildman–Crippen MR) is 147 cm³/mol. The molecular weight excluding hydrogens is 480 g/mol. The van der Waals surface area contributed by atoms with E-state index >= 15 is 0 Å². The zero-order valence-corrected chi connectivity index (χ0v) is 20.8. The van der Waals surface area contributed by atoms with Gasteiger partial charge < -0.3 is 25.8 Å². The molecule has 0 saturated carbocycles. The number of ether oxygens (including phenoxy) is 1. The van der Waals surface area contributed by atoms with Crippen molar-refractivity contribution in [1.29, 1.82) is 0 Å². The first kappa shape index (κ1) is 23.8. The van der Waals surface area contributed by atoms with E-state index < -0.39 is 0 Å². The molecule has 2 aromatic carbocycles. The normalized spacial score (nSPS) is 17.5. The van der Waals surface area contributed by atoms with Crippen LogP contribution in [0.4, 0.5) is 0 Å². The Hall–Kier alpha value is -4.57. The van der Waals surface area contributed by atoms with Gasteiger partial charge in [-0.15, -0.1) is 0 Å². The number of aliphatic imine (C=N–C) groups is 2. The topological polar surface area (TPSA) is 146 Å². The molecule has 10 heteroatoms. The number of allylic oxidation sites excluding steroid dienone is 2. The number of nitrogens with one attached hydrogen (secondary N) is 3. The Morgan fingerprint density at radius 2 is 1.42 bits per heavy atom. The monoisotopic (exact) mass is 508 g/mol. The Morgan fingerprint density at radius 1 is 0.842 bits per heavy atom. The van der Waals surface area contributed by atoms with E-state index in [-0.39, 0.29) is 11.8 Å². The molecule has 2 aromatic heterocycles. The van der Waals surface area contributed by atoms with Gasteiger partial charge in [-0.05, 0) is 49.3 Å². The number of aromatic nitrogens is 4. The molecule has 0 atom stereocenters. The van der Waals surface area contributed by atoms with Crippen molar-refractivity contribution in [3.8, 4) is 0 Å². The van der Waals surface area contributed by atoms with Crippen LogP contribution >= 0.6 is 0 Å². The Bertz CT molecular complexity index is 1550. The third-order valence-electron chi connectivity index (χ3n) is 6.71. The number of nitrogens with zero attached hydrogens (tertiary/aromatic N) is 4. The number of H-pyrrole nitrogens is 2. The first-order valence-corrected chi connectivity index (χ1v) is 12.7. The van der Waals surface area contributed by atoms with E-state index in [1.165, 1.54) is 0 Å². The summed E-state index contributed by atoms with van der Waals surface area (Å²) in [4.78, 5) is 36.6. The van der Waals surface area contributed by atoms with Crippen LogP contribution in [0, 0.1) is 5.92 Å². The number of benzene rings is 2. The minimum absolute atomic E-state index is 0.0159. The molecular formula is C28H28N8O2. The Morgan fingerprint density at radius 3 is 2.03 bits per heavy atom. The number of fused-ring (bicyclic) bond motifs is 2. The number of rotatable bonds is 4. The number of amides is 1. The fourth-order valence-electron chi connectivity index (χ4n) is 4.68. The quantitative estimate of drug-likeness (QED) is 0.335. The van der Waals surface area contributed by atoms with Crippen LogP contribution < -0.4 is 11.1 Å². The zero-order valence-electron chi connectivity index (χ0n) is 20.8.